The molecule has 0 aliphatic carbocycles. The molecule has 0 spiro atoms. The minimum Gasteiger partial charge on any atom is -0.495 e. The smallest absolute Gasteiger partial charge is 0.256 e. The van der Waals surface area contributed by atoms with Crippen LogP contribution in [0.25, 0.3) is 0 Å². The van der Waals surface area contributed by atoms with Crippen LogP contribution in [0.1, 0.15) is 6.42 Å². The Balaban J connectivity index is 1.85. The highest BCUT2D eigenvalue weighted by atomic mass is 35.5. The van der Waals surface area contributed by atoms with Gasteiger partial charge in [-0.05, 0) is 30.3 Å². The Morgan fingerprint density at radius 3 is 2.61 bits per heavy atom. The predicted octanol–water partition coefficient (Wildman–Crippen LogP) is 3.09. The Kier molecular flexibility index (Phi) is 4.21. The molecule has 1 aliphatic heterocycles. The number of hydrogen-bond donors (Lipinski definition) is 1. The number of para-hydroxylation sites is 1. The molecule has 5 nitrogen and oxygen atoms in total. The molecule has 2 amide bonds. The van der Waals surface area contributed by atoms with Crippen LogP contribution in [0.4, 0.5) is 11.4 Å². The first-order chi connectivity index (χ1) is 11.1. The normalized spacial score (nSPS) is 17.5. The van der Waals surface area contributed by atoms with Crippen molar-refractivity contribution in [1.82, 2.24) is 0 Å². The second-order valence-electron chi connectivity index (χ2n) is 5.15. The topological polar surface area (TPSA) is 58.6 Å². The maximum Gasteiger partial charge on any atom is 0.256 e. The van der Waals surface area contributed by atoms with E-state index in [0.717, 1.165) is 0 Å². The quantitative estimate of drug-likeness (QED) is 0.875. The highest BCUT2D eigenvalue weighted by Crippen LogP contribution is 2.31. The standard InChI is InChI=1S/C17H15ClN2O3/c1-23-15-8-7-11(18)9-13(15)19-14-10-16(21)20(17(14)22)12-5-3-2-4-6-12/h2-9,14,19H,10H2,1H3/t14-/m0/s1. The van der Waals surface area contributed by atoms with Crippen molar-refractivity contribution in [3.63, 3.8) is 0 Å². The number of hydrogen-bond acceptors (Lipinski definition) is 4. The minimum absolute atomic E-state index is 0.0867. The molecule has 118 valence electrons. The van der Waals surface area contributed by atoms with Gasteiger partial charge in [0.05, 0.1) is 24.9 Å². The molecule has 23 heavy (non-hydrogen) atoms. The summed E-state index contributed by atoms with van der Waals surface area (Å²) in [5.41, 5.74) is 1.16. The number of ether oxygens (including phenoxy) is 1. The zero-order valence-corrected chi connectivity index (χ0v) is 13.2. The van der Waals surface area contributed by atoms with Crippen molar-refractivity contribution in [1.29, 1.82) is 0 Å². The lowest BCUT2D eigenvalue weighted by molar-refractivity contribution is -0.121. The van der Waals surface area contributed by atoms with Crippen molar-refractivity contribution >= 4 is 34.8 Å². The second-order valence-corrected chi connectivity index (χ2v) is 5.59. The van der Waals surface area contributed by atoms with Crippen molar-refractivity contribution in [2.75, 3.05) is 17.3 Å². The molecule has 0 radical (unpaired) electrons. The summed E-state index contributed by atoms with van der Waals surface area (Å²) >= 11 is 5.99. The van der Waals surface area contributed by atoms with Gasteiger partial charge in [0.25, 0.3) is 5.91 Å². The zero-order chi connectivity index (χ0) is 16.4. The van der Waals surface area contributed by atoms with Crippen molar-refractivity contribution in [2.24, 2.45) is 0 Å². The average molecular weight is 331 g/mol. The molecule has 1 atom stereocenters. The van der Waals surface area contributed by atoms with Gasteiger partial charge < -0.3 is 10.1 Å². The van der Waals surface area contributed by atoms with E-state index in [0.29, 0.717) is 22.1 Å². The zero-order valence-electron chi connectivity index (χ0n) is 12.5. The van der Waals surface area contributed by atoms with Gasteiger partial charge in [0.2, 0.25) is 5.91 Å². The first-order valence-corrected chi connectivity index (χ1v) is 7.50. The summed E-state index contributed by atoms with van der Waals surface area (Å²) in [5, 5.41) is 3.58. The molecule has 1 aliphatic rings. The molecule has 1 heterocycles. The maximum absolute atomic E-state index is 12.6. The van der Waals surface area contributed by atoms with E-state index in [9.17, 15) is 9.59 Å². The van der Waals surface area contributed by atoms with E-state index in [4.69, 9.17) is 16.3 Å². The molecule has 1 saturated heterocycles. The van der Waals surface area contributed by atoms with E-state index in [1.807, 2.05) is 6.07 Å². The summed E-state index contributed by atoms with van der Waals surface area (Å²) in [7, 11) is 1.53. The van der Waals surface area contributed by atoms with Crippen molar-refractivity contribution in [3.05, 3.63) is 53.6 Å². The van der Waals surface area contributed by atoms with Crippen LogP contribution in [0.2, 0.25) is 5.02 Å². The highest BCUT2D eigenvalue weighted by Gasteiger charge is 2.39. The summed E-state index contributed by atoms with van der Waals surface area (Å²) in [6.45, 7) is 0. The largest absolute Gasteiger partial charge is 0.495 e. The van der Waals surface area contributed by atoms with Crippen LogP contribution in [0.5, 0.6) is 5.75 Å². The van der Waals surface area contributed by atoms with Crippen molar-refractivity contribution in [2.45, 2.75) is 12.5 Å². The summed E-state index contributed by atoms with van der Waals surface area (Å²) < 4.78 is 5.25. The molecule has 0 bridgehead atoms. The van der Waals surface area contributed by atoms with Crippen molar-refractivity contribution in [3.8, 4) is 5.75 Å². The molecule has 0 aromatic heterocycles. The molecule has 3 rings (SSSR count). The molecule has 1 N–H and O–H groups in total. The number of anilines is 2. The number of imide groups is 1. The lowest BCUT2D eigenvalue weighted by atomic mass is 10.2. The van der Waals surface area contributed by atoms with Gasteiger partial charge in [0.1, 0.15) is 11.8 Å². The maximum atomic E-state index is 12.6. The van der Waals surface area contributed by atoms with E-state index >= 15 is 0 Å². The summed E-state index contributed by atoms with van der Waals surface area (Å²) in [4.78, 5) is 26.0. The number of rotatable bonds is 4. The number of benzene rings is 2. The van der Waals surface area contributed by atoms with Crippen LogP contribution in [0, 0.1) is 0 Å². The molecule has 2 aromatic rings. The van der Waals surface area contributed by atoms with Gasteiger partial charge in [-0.1, -0.05) is 29.8 Å². The molecular weight excluding hydrogens is 316 g/mol. The second kappa shape index (κ2) is 6.30. The molecule has 6 heteroatoms. The summed E-state index contributed by atoms with van der Waals surface area (Å²) in [6, 6.07) is 13.3. The fourth-order valence-electron chi connectivity index (χ4n) is 2.57. The van der Waals surface area contributed by atoms with E-state index in [1.165, 1.54) is 12.0 Å². The van der Waals surface area contributed by atoms with Crippen LogP contribution in [0.3, 0.4) is 0 Å². The third-order valence-electron chi connectivity index (χ3n) is 3.65. The van der Waals surface area contributed by atoms with Gasteiger partial charge in [0, 0.05) is 5.02 Å². The van der Waals surface area contributed by atoms with E-state index < -0.39 is 6.04 Å². The molecule has 1 fully saturated rings. The molecular formula is C17H15ClN2O3. The van der Waals surface area contributed by atoms with E-state index in [1.54, 1.807) is 42.5 Å². The Morgan fingerprint density at radius 2 is 1.91 bits per heavy atom. The highest BCUT2D eigenvalue weighted by molar-refractivity contribution is 6.31. The Labute approximate surface area is 138 Å². The average Bonchev–Trinajstić information content (AvgIpc) is 2.82. The molecule has 0 unspecified atom stereocenters. The van der Waals surface area contributed by atoms with E-state index in [-0.39, 0.29) is 18.2 Å². The fourth-order valence-corrected chi connectivity index (χ4v) is 2.75. The van der Waals surface area contributed by atoms with Crippen LogP contribution >= 0.6 is 11.6 Å². The van der Waals surface area contributed by atoms with Gasteiger partial charge in [-0.2, -0.15) is 0 Å². The first-order valence-electron chi connectivity index (χ1n) is 7.12. The van der Waals surface area contributed by atoms with Crippen molar-refractivity contribution < 1.29 is 14.3 Å². The monoisotopic (exact) mass is 330 g/mol. The third kappa shape index (κ3) is 3.00. The van der Waals surface area contributed by atoms with Gasteiger partial charge >= 0.3 is 0 Å². The van der Waals surface area contributed by atoms with Gasteiger partial charge in [0.15, 0.2) is 0 Å². The fraction of sp³-hybridized carbons (Fsp3) is 0.176. The summed E-state index contributed by atoms with van der Waals surface area (Å²) in [6.07, 6.45) is 0.0867. The van der Waals surface area contributed by atoms with Crippen LogP contribution < -0.4 is 15.0 Å². The number of carbonyl (C=O) groups is 2. The summed E-state index contributed by atoms with van der Waals surface area (Å²) in [5.74, 6) is 0.0377. The number of halogens is 1. The molecule has 2 aromatic carbocycles. The molecule has 0 saturated carbocycles. The van der Waals surface area contributed by atoms with Crippen LogP contribution in [0.15, 0.2) is 48.5 Å². The minimum atomic E-state index is -0.643. The Bertz CT molecular complexity index is 749. The van der Waals surface area contributed by atoms with Crippen LogP contribution in [-0.2, 0) is 9.59 Å². The lowest BCUT2D eigenvalue weighted by Crippen LogP contribution is -2.34. The number of nitrogens with zero attached hydrogens (tertiary/aromatic N) is 1. The van der Waals surface area contributed by atoms with E-state index in [2.05, 4.69) is 5.32 Å². The SMILES string of the molecule is COc1ccc(Cl)cc1N[C@H]1CC(=O)N(c2ccccc2)C1=O. The number of amides is 2. The van der Waals surface area contributed by atoms with Crippen LogP contribution in [-0.4, -0.2) is 25.0 Å². The third-order valence-corrected chi connectivity index (χ3v) is 3.89. The lowest BCUT2D eigenvalue weighted by Gasteiger charge is -2.17. The Morgan fingerprint density at radius 1 is 1.17 bits per heavy atom. The number of nitrogens with one attached hydrogen (secondary N) is 1. The predicted molar refractivity (Wildman–Crippen MR) is 89.0 cm³/mol. The van der Waals surface area contributed by atoms with Gasteiger partial charge in [-0.15, -0.1) is 0 Å². The van der Waals surface area contributed by atoms with Gasteiger partial charge in [-0.3, -0.25) is 9.59 Å². The van der Waals surface area contributed by atoms with Gasteiger partial charge in [-0.25, -0.2) is 4.90 Å². The number of methoxy groups -OCH3 is 1. The Hall–Kier alpha value is -2.53. The first kappa shape index (κ1) is 15.4. The number of carbonyl (C=O) groups excluding carboxylic acids is 2.